The van der Waals surface area contributed by atoms with Gasteiger partial charge in [-0.15, -0.1) is 0 Å². The lowest BCUT2D eigenvalue weighted by Crippen LogP contribution is -2.46. The van der Waals surface area contributed by atoms with E-state index >= 15 is 0 Å². The first kappa shape index (κ1) is 17.7. The van der Waals surface area contributed by atoms with Crippen LogP contribution in [-0.2, 0) is 12.7 Å². The van der Waals surface area contributed by atoms with Crippen LogP contribution in [0.5, 0.6) is 0 Å². The number of piperazine rings is 1. The van der Waals surface area contributed by atoms with Crippen LogP contribution in [0.25, 0.3) is 0 Å². The number of benzene rings is 1. The highest BCUT2D eigenvalue weighted by atomic mass is 32.1. The number of aromatic carboxylic acids is 1. The molecule has 1 saturated heterocycles. The van der Waals surface area contributed by atoms with Gasteiger partial charge in [0.1, 0.15) is 4.88 Å². The Hall–Kier alpha value is -2.13. The molecule has 2 heterocycles. The minimum absolute atomic E-state index is 0.177. The van der Waals surface area contributed by atoms with E-state index in [9.17, 15) is 18.0 Å². The van der Waals surface area contributed by atoms with Crippen LogP contribution in [0.1, 0.15) is 20.8 Å². The number of carbonyl (C=O) groups is 1. The Kier molecular flexibility index (Phi) is 4.96. The summed E-state index contributed by atoms with van der Waals surface area (Å²) in [6.07, 6.45) is -3.03. The summed E-state index contributed by atoms with van der Waals surface area (Å²) in [5.74, 6) is -1.01. The summed E-state index contributed by atoms with van der Waals surface area (Å²) < 4.78 is 39.2. The second-order valence-corrected chi connectivity index (χ2v) is 6.74. The fraction of sp³-hybridized carbons (Fsp3) is 0.375. The highest BCUT2D eigenvalue weighted by Gasteiger charge is 2.33. The molecule has 1 aromatic carbocycles. The Bertz CT molecular complexity index is 755. The monoisotopic (exact) mass is 371 g/mol. The number of anilines is 1. The van der Waals surface area contributed by atoms with E-state index in [1.807, 2.05) is 9.80 Å². The summed E-state index contributed by atoms with van der Waals surface area (Å²) >= 11 is 1.11. The molecule has 0 bridgehead atoms. The molecule has 0 radical (unpaired) electrons. The van der Waals surface area contributed by atoms with Crippen LogP contribution in [-0.4, -0.2) is 47.1 Å². The van der Waals surface area contributed by atoms with Gasteiger partial charge < -0.3 is 10.0 Å². The lowest BCUT2D eigenvalue weighted by atomic mass is 10.1. The predicted octanol–water partition coefficient (Wildman–Crippen LogP) is 3.18. The summed E-state index contributed by atoms with van der Waals surface area (Å²) in [6.45, 7) is 2.62. The van der Waals surface area contributed by atoms with Crippen molar-refractivity contribution in [1.29, 1.82) is 0 Å². The number of rotatable bonds is 4. The van der Waals surface area contributed by atoms with Crippen molar-refractivity contribution in [2.24, 2.45) is 0 Å². The van der Waals surface area contributed by atoms with Crippen molar-refractivity contribution in [3.8, 4) is 0 Å². The minimum Gasteiger partial charge on any atom is -0.477 e. The molecule has 25 heavy (non-hydrogen) atoms. The molecule has 3 rings (SSSR count). The van der Waals surface area contributed by atoms with Crippen LogP contribution in [0, 0.1) is 0 Å². The second kappa shape index (κ2) is 7.01. The maximum atomic E-state index is 13.1. The van der Waals surface area contributed by atoms with Gasteiger partial charge in [0, 0.05) is 32.7 Å². The molecule has 2 aromatic rings. The molecule has 0 atom stereocenters. The summed E-state index contributed by atoms with van der Waals surface area (Å²) in [5, 5.41) is 9.58. The van der Waals surface area contributed by atoms with Crippen LogP contribution in [0.3, 0.4) is 0 Å². The molecule has 1 aromatic heterocycles. The zero-order chi connectivity index (χ0) is 18.0. The van der Waals surface area contributed by atoms with Gasteiger partial charge in [0.25, 0.3) is 0 Å². The molecule has 1 fully saturated rings. The first-order valence-corrected chi connectivity index (χ1v) is 8.48. The summed E-state index contributed by atoms with van der Waals surface area (Å²) in [7, 11) is 0. The molecule has 5 nitrogen and oxygen atoms in total. The Morgan fingerprint density at radius 2 is 1.88 bits per heavy atom. The maximum absolute atomic E-state index is 13.1. The highest BCUT2D eigenvalue weighted by molar-refractivity contribution is 7.17. The summed E-state index contributed by atoms with van der Waals surface area (Å²) in [6, 6.07) is 5.63. The van der Waals surface area contributed by atoms with E-state index in [4.69, 9.17) is 5.11 Å². The van der Waals surface area contributed by atoms with Crippen LogP contribution in [0.4, 0.5) is 18.3 Å². The van der Waals surface area contributed by atoms with Crippen molar-refractivity contribution >= 4 is 22.4 Å². The molecule has 0 amide bonds. The van der Waals surface area contributed by atoms with Gasteiger partial charge in [-0.25, -0.2) is 9.78 Å². The number of nitrogens with zero attached hydrogens (tertiary/aromatic N) is 3. The average Bonchev–Trinajstić information content (AvgIpc) is 3.05. The van der Waals surface area contributed by atoms with Crippen molar-refractivity contribution in [3.05, 3.63) is 46.5 Å². The van der Waals surface area contributed by atoms with Gasteiger partial charge in [0.2, 0.25) is 0 Å². The smallest absolute Gasteiger partial charge is 0.416 e. The number of carboxylic acids is 1. The summed E-state index contributed by atoms with van der Waals surface area (Å²) in [5.41, 5.74) is -0.325. The number of hydrogen-bond donors (Lipinski definition) is 1. The zero-order valence-corrected chi connectivity index (χ0v) is 14.0. The van der Waals surface area contributed by atoms with Crippen LogP contribution < -0.4 is 4.90 Å². The van der Waals surface area contributed by atoms with Crippen LogP contribution >= 0.6 is 11.3 Å². The molecule has 1 aliphatic heterocycles. The van der Waals surface area contributed by atoms with Gasteiger partial charge in [-0.2, -0.15) is 13.2 Å². The third-order valence-corrected chi connectivity index (χ3v) is 5.11. The van der Waals surface area contributed by atoms with Crippen LogP contribution in [0.15, 0.2) is 30.5 Å². The van der Waals surface area contributed by atoms with Gasteiger partial charge in [-0.05, 0) is 11.6 Å². The largest absolute Gasteiger partial charge is 0.477 e. The van der Waals surface area contributed by atoms with E-state index in [0.717, 1.165) is 17.4 Å². The second-order valence-electron chi connectivity index (χ2n) is 5.73. The van der Waals surface area contributed by atoms with E-state index in [1.54, 1.807) is 6.07 Å². The molecule has 1 N–H and O–H groups in total. The number of halogens is 3. The van der Waals surface area contributed by atoms with Gasteiger partial charge in [-0.3, -0.25) is 4.90 Å². The molecular formula is C16H16F3N3O2S. The number of thiazole rings is 1. The Morgan fingerprint density at radius 3 is 2.48 bits per heavy atom. The molecule has 0 aliphatic carbocycles. The van der Waals surface area contributed by atoms with Crippen molar-refractivity contribution in [3.63, 3.8) is 0 Å². The highest BCUT2D eigenvalue weighted by Crippen LogP contribution is 2.32. The Balaban J connectivity index is 1.62. The fourth-order valence-corrected chi connectivity index (χ4v) is 3.59. The quantitative estimate of drug-likeness (QED) is 0.895. The van der Waals surface area contributed by atoms with Crippen molar-refractivity contribution in [2.75, 3.05) is 31.1 Å². The molecule has 0 saturated carbocycles. The average molecular weight is 371 g/mol. The molecule has 9 heteroatoms. The maximum Gasteiger partial charge on any atom is 0.416 e. The molecule has 1 aliphatic rings. The Labute approximate surface area is 146 Å². The third kappa shape index (κ3) is 4.10. The number of alkyl halides is 3. The molecule has 134 valence electrons. The van der Waals surface area contributed by atoms with E-state index in [1.165, 1.54) is 18.3 Å². The lowest BCUT2D eigenvalue weighted by Gasteiger charge is -2.34. The summed E-state index contributed by atoms with van der Waals surface area (Å²) in [4.78, 5) is 19.1. The molecular weight excluding hydrogens is 355 g/mol. The van der Waals surface area contributed by atoms with Crippen molar-refractivity contribution in [2.45, 2.75) is 12.7 Å². The number of carboxylic acid groups (broad SMARTS) is 1. The van der Waals surface area contributed by atoms with E-state index < -0.39 is 17.7 Å². The first-order chi connectivity index (χ1) is 11.8. The number of hydrogen-bond acceptors (Lipinski definition) is 5. The van der Waals surface area contributed by atoms with Crippen molar-refractivity contribution < 1.29 is 23.1 Å². The van der Waals surface area contributed by atoms with E-state index in [-0.39, 0.29) is 17.0 Å². The van der Waals surface area contributed by atoms with E-state index in [0.29, 0.717) is 31.3 Å². The standard InChI is InChI=1S/C16H16F3N3O2S/c17-16(18,19)12-4-2-1-3-11(12)10-21-5-7-22(8-6-21)15-20-9-13(25-15)14(23)24/h1-4,9H,5-8,10H2,(H,23,24). The van der Waals surface area contributed by atoms with Crippen molar-refractivity contribution in [1.82, 2.24) is 9.88 Å². The zero-order valence-electron chi connectivity index (χ0n) is 13.2. The normalized spacial score (nSPS) is 16.2. The first-order valence-electron chi connectivity index (χ1n) is 7.66. The molecule has 0 unspecified atom stereocenters. The number of aromatic nitrogens is 1. The van der Waals surface area contributed by atoms with Gasteiger partial charge >= 0.3 is 12.1 Å². The van der Waals surface area contributed by atoms with Gasteiger partial charge in [-0.1, -0.05) is 29.5 Å². The van der Waals surface area contributed by atoms with Gasteiger partial charge in [0.05, 0.1) is 11.8 Å². The van der Waals surface area contributed by atoms with E-state index in [2.05, 4.69) is 4.98 Å². The Morgan fingerprint density at radius 1 is 1.20 bits per heavy atom. The third-order valence-electron chi connectivity index (χ3n) is 4.06. The fourth-order valence-electron chi connectivity index (χ4n) is 2.78. The molecule has 0 spiro atoms. The lowest BCUT2D eigenvalue weighted by molar-refractivity contribution is -0.138. The van der Waals surface area contributed by atoms with Crippen LogP contribution in [0.2, 0.25) is 0 Å². The SMILES string of the molecule is O=C(O)c1cnc(N2CCN(Cc3ccccc3C(F)(F)F)CC2)s1. The minimum atomic E-state index is -4.35. The van der Waals surface area contributed by atoms with Gasteiger partial charge in [0.15, 0.2) is 5.13 Å². The predicted molar refractivity (Wildman–Crippen MR) is 88.0 cm³/mol. The topological polar surface area (TPSA) is 56.7 Å².